The van der Waals surface area contributed by atoms with Gasteiger partial charge in [-0.15, -0.1) is 0 Å². The van der Waals surface area contributed by atoms with Crippen molar-refractivity contribution in [1.29, 1.82) is 0 Å². The van der Waals surface area contributed by atoms with E-state index in [9.17, 15) is 4.79 Å². The van der Waals surface area contributed by atoms with Gasteiger partial charge in [0.2, 0.25) is 5.91 Å². The Morgan fingerprint density at radius 1 is 1.35 bits per heavy atom. The highest BCUT2D eigenvalue weighted by Gasteiger charge is 2.38. The number of amides is 1. The van der Waals surface area contributed by atoms with Gasteiger partial charge in [-0.1, -0.05) is 0 Å². The Kier molecular flexibility index (Phi) is 3.58. The van der Waals surface area contributed by atoms with Gasteiger partial charge in [0.25, 0.3) is 0 Å². The molecule has 1 aliphatic heterocycles. The molecule has 1 aliphatic carbocycles. The van der Waals surface area contributed by atoms with Crippen LogP contribution >= 0.6 is 0 Å². The Morgan fingerprint density at radius 3 is 2.83 bits per heavy atom. The van der Waals surface area contributed by atoms with E-state index in [1.165, 1.54) is 0 Å². The van der Waals surface area contributed by atoms with E-state index in [4.69, 9.17) is 14.9 Å². The summed E-state index contributed by atoms with van der Waals surface area (Å²) in [4.78, 5) is 17.2. The minimum atomic E-state index is -0.532. The Morgan fingerprint density at radius 2 is 2.13 bits per heavy atom. The molecule has 2 aromatic rings. The first kappa shape index (κ1) is 14.7. The third kappa shape index (κ3) is 2.72. The van der Waals surface area contributed by atoms with Crippen molar-refractivity contribution in [3.05, 3.63) is 24.1 Å². The molecule has 2 aliphatic rings. The van der Waals surface area contributed by atoms with Gasteiger partial charge in [-0.2, -0.15) is 0 Å². The van der Waals surface area contributed by atoms with Crippen molar-refractivity contribution in [2.24, 2.45) is 11.1 Å². The summed E-state index contributed by atoms with van der Waals surface area (Å²) in [5.41, 5.74) is 7.64. The van der Waals surface area contributed by atoms with Crippen molar-refractivity contribution < 1.29 is 13.9 Å². The van der Waals surface area contributed by atoms with Crippen molar-refractivity contribution in [3.8, 4) is 0 Å². The first-order valence-corrected chi connectivity index (χ1v) is 8.20. The molecule has 0 atom stereocenters. The van der Waals surface area contributed by atoms with Crippen LogP contribution in [0, 0.1) is 5.41 Å². The van der Waals surface area contributed by atoms with Crippen LogP contribution in [-0.4, -0.2) is 30.6 Å². The van der Waals surface area contributed by atoms with E-state index in [0.717, 1.165) is 35.5 Å². The normalized spacial score (nSPS) is 20.6. The average Bonchev–Trinajstić information content (AvgIpc) is 3.35. The lowest BCUT2D eigenvalue weighted by Gasteiger charge is -2.34. The van der Waals surface area contributed by atoms with Crippen molar-refractivity contribution in [2.45, 2.75) is 31.6 Å². The molecule has 122 valence electrons. The molecule has 2 fully saturated rings. The Bertz CT molecular complexity index is 730. The van der Waals surface area contributed by atoms with Crippen LogP contribution in [-0.2, 0) is 9.53 Å². The van der Waals surface area contributed by atoms with Crippen molar-refractivity contribution in [3.63, 3.8) is 0 Å². The maximum absolute atomic E-state index is 12.7. The summed E-state index contributed by atoms with van der Waals surface area (Å²) in [5.74, 6) is 1.25. The molecule has 1 aromatic heterocycles. The van der Waals surface area contributed by atoms with Crippen LogP contribution in [0.5, 0.6) is 0 Å². The van der Waals surface area contributed by atoms with E-state index >= 15 is 0 Å². The summed E-state index contributed by atoms with van der Waals surface area (Å²) in [6, 6.07) is 5.58. The topological polar surface area (TPSA) is 90.4 Å². The predicted molar refractivity (Wildman–Crippen MR) is 86.2 cm³/mol. The third-order valence-electron chi connectivity index (χ3n) is 4.91. The van der Waals surface area contributed by atoms with Gasteiger partial charge < -0.3 is 20.2 Å². The lowest BCUT2D eigenvalue weighted by Crippen LogP contribution is -2.46. The van der Waals surface area contributed by atoms with Gasteiger partial charge in [0.15, 0.2) is 11.5 Å². The number of hydrogen-bond acceptors (Lipinski definition) is 5. The molecule has 0 bridgehead atoms. The molecule has 3 N–H and O–H groups in total. The number of fused-ring (bicyclic) bond motifs is 1. The number of carbonyl (C=O) groups excluding carboxylic acids is 1. The van der Waals surface area contributed by atoms with Gasteiger partial charge in [-0.25, -0.2) is 4.98 Å². The molecule has 23 heavy (non-hydrogen) atoms. The minimum absolute atomic E-state index is 0.0337. The Balaban J connectivity index is 1.55. The lowest BCUT2D eigenvalue weighted by molar-refractivity contribution is -0.130. The van der Waals surface area contributed by atoms with Crippen LogP contribution in [0.4, 0.5) is 5.69 Å². The van der Waals surface area contributed by atoms with E-state index < -0.39 is 5.41 Å². The number of hydrogen-bond donors (Lipinski definition) is 2. The number of benzene rings is 1. The number of carbonyl (C=O) groups is 1. The summed E-state index contributed by atoms with van der Waals surface area (Å²) in [6.45, 7) is 1.50. The van der Waals surface area contributed by atoms with Crippen LogP contribution in [0.1, 0.15) is 37.5 Å². The zero-order chi connectivity index (χ0) is 15.9. The monoisotopic (exact) mass is 315 g/mol. The zero-order valence-corrected chi connectivity index (χ0v) is 13.0. The van der Waals surface area contributed by atoms with Gasteiger partial charge in [0, 0.05) is 31.4 Å². The molecule has 6 nitrogen and oxygen atoms in total. The highest BCUT2D eigenvalue weighted by molar-refractivity contribution is 5.97. The summed E-state index contributed by atoms with van der Waals surface area (Å²) in [7, 11) is 0. The highest BCUT2D eigenvalue weighted by Crippen LogP contribution is 2.40. The fourth-order valence-electron chi connectivity index (χ4n) is 3.08. The number of nitrogens with one attached hydrogen (secondary N) is 1. The molecule has 1 saturated carbocycles. The third-order valence-corrected chi connectivity index (χ3v) is 4.91. The maximum Gasteiger partial charge on any atom is 0.232 e. The van der Waals surface area contributed by atoms with E-state index in [1.807, 2.05) is 18.2 Å². The van der Waals surface area contributed by atoms with Crippen molar-refractivity contribution in [2.75, 3.05) is 25.1 Å². The van der Waals surface area contributed by atoms with Gasteiger partial charge in [0.05, 0.1) is 5.41 Å². The lowest BCUT2D eigenvalue weighted by atomic mass is 9.79. The smallest absolute Gasteiger partial charge is 0.232 e. The molecule has 4 rings (SSSR count). The summed E-state index contributed by atoms with van der Waals surface area (Å²) < 4.78 is 11.1. The number of rotatable bonds is 4. The van der Waals surface area contributed by atoms with Gasteiger partial charge in [-0.05, 0) is 43.9 Å². The van der Waals surface area contributed by atoms with Gasteiger partial charge >= 0.3 is 0 Å². The van der Waals surface area contributed by atoms with Crippen LogP contribution in [0.2, 0.25) is 0 Å². The number of oxazole rings is 1. The average molecular weight is 315 g/mol. The van der Waals surface area contributed by atoms with Crippen molar-refractivity contribution in [1.82, 2.24) is 4.98 Å². The van der Waals surface area contributed by atoms with E-state index in [2.05, 4.69) is 10.3 Å². The molecule has 0 unspecified atom stereocenters. The number of ether oxygens (including phenoxy) is 1. The van der Waals surface area contributed by atoms with Crippen LogP contribution in [0.15, 0.2) is 22.6 Å². The number of nitrogens with two attached hydrogens (primary N) is 1. The minimum Gasteiger partial charge on any atom is -0.440 e. The van der Waals surface area contributed by atoms with Crippen LogP contribution < -0.4 is 11.1 Å². The van der Waals surface area contributed by atoms with Crippen LogP contribution in [0.25, 0.3) is 11.1 Å². The quantitative estimate of drug-likeness (QED) is 0.904. The molecule has 2 heterocycles. The second-order valence-electron chi connectivity index (χ2n) is 6.56. The van der Waals surface area contributed by atoms with E-state index in [1.54, 1.807) is 0 Å². The van der Waals surface area contributed by atoms with Gasteiger partial charge in [-0.3, -0.25) is 4.79 Å². The van der Waals surface area contributed by atoms with Crippen LogP contribution in [0.3, 0.4) is 0 Å². The molecule has 1 aromatic carbocycles. The molecule has 1 saturated heterocycles. The number of anilines is 1. The van der Waals surface area contributed by atoms with Crippen molar-refractivity contribution >= 4 is 22.7 Å². The van der Waals surface area contributed by atoms with E-state index in [-0.39, 0.29) is 5.91 Å². The summed E-state index contributed by atoms with van der Waals surface area (Å²) in [5, 5.41) is 2.99. The number of aromatic nitrogens is 1. The first-order chi connectivity index (χ1) is 11.2. The largest absolute Gasteiger partial charge is 0.440 e. The maximum atomic E-state index is 12.7. The molecular weight excluding hydrogens is 294 g/mol. The molecule has 6 heteroatoms. The zero-order valence-electron chi connectivity index (χ0n) is 13.0. The molecular formula is C17H21N3O3. The second-order valence-corrected chi connectivity index (χ2v) is 6.56. The molecule has 0 spiro atoms. The SMILES string of the molecule is NCC1(C(=O)Nc2ccc3oc(C4CC4)nc3c2)CCOCC1. The fraction of sp³-hybridized carbons (Fsp3) is 0.529. The molecule has 0 radical (unpaired) electrons. The Hall–Kier alpha value is -1.92. The summed E-state index contributed by atoms with van der Waals surface area (Å²) in [6.07, 6.45) is 3.62. The van der Waals surface area contributed by atoms with E-state index in [0.29, 0.717) is 38.5 Å². The predicted octanol–water partition coefficient (Wildman–Crippen LogP) is 2.40. The summed E-state index contributed by atoms with van der Waals surface area (Å²) >= 11 is 0. The highest BCUT2D eigenvalue weighted by atomic mass is 16.5. The fourth-order valence-corrected chi connectivity index (χ4v) is 3.08. The van der Waals surface area contributed by atoms with Gasteiger partial charge in [0.1, 0.15) is 5.52 Å². The second kappa shape index (κ2) is 5.62. The molecule has 1 amide bonds. The standard InChI is InChI=1S/C17H21N3O3/c18-10-17(5-7-22-8-6-17)16(21)19-12-3-4-14-13(9-12)20-15(23-14)11-1-2-11/h3-4,9,11H,1-2,5-8,10,18H2,(H,19,21). The first-order valence-electron chi connectivity index (χ1n) is 8.20. The Labute approximate surface area is 134 Å². The number of nitrogens with zero attached hydrogens (tertiary/aromatic N) is 1.